The van der Waals surface area contributed by atoms with Crippen molar-refractivity contribution in [1.29, 1.82) is 0 Å². The van der Waals surface area contributed by atoms with Gasteiger partial charge in [-0.05, 0) is 30.3 Å². The molecule has 1 aliphatic heterocycles. The first-order valence-corrected chi connectivity index (χ1v) is 7.03. The summed E-state index contributed by atoms with van der Waals surface area (Å²) in [5, 5.41) is 2.63. The molecule has 23 heavy (non-hydrogen) atoms. The third-order valence-corrected chi connectivity index (χ3v) is 3.53. The largest absolute Gasteiger partial charge is 0.467 e. The molecule has 6 nitrogen and oxygen atoms in total. The Hall–Kier alpha value is -3.15. The van der Waals surface area contributed by atoms with Crippen LogP contribution in [0.2, 0.25) is 0 Å². The standard InChI is InChI=1S/C17H14N2O4/c1-2-7-18-15(20)11-5-6-13-14(9-11)17(22)19(16(13)21)10-12-4-3-8-23-12/h2-6,8-9H,1,7,10H2,(H,18,20). The Morgan fingerprint density at radius 1 is 1.22 bits per heavy atom. The summed E-state index contributed by atoms with van der Waals surface area (Å²) in [4.78, 5) is 37.8. The van der Waals surface area contributed by atoms with E-state index in [4.69, 9.17) is 4.42 Å². The highest BCUT2D eigenvalue weighted by atomic mass is 16.3. The van der Waals surface area contributed by atoms with Gasteiger partial charge in [-0.15, -0.1) is 6.58 Å². The van der Waals surface area contributed by atoms with Crippen LogP contribution in [-0.2, 0) is 6.54 Å². The predicted molar refractivity (Wildman–Crippen MR) is 81.9 cm³/mol. The van der Waals surface area contributed by atoms with Gasteiger partial charge >= 0.3 is 0 Å². The Morgan fingerprint density at radius 2 is 2.00 bits per heavy atom. The molecule has 2 aromatic rings. The molecule has 116 valence electrons. The molecule has 1 aliphatic rings. The van der Waals surface area contributed by atoms with Gasteiger partial charge in [-0.2, -0.15) is 0 Å². The van der Waals surface area contributed by atoms with E-state index in [1.54, 1.807) is 18.2 Å². The van der Waals surface area contributed by atoms with Crippen LogP contribution >= 0.6 is 0 Å². The van der Waals surface area contributed by atoms with E-state index in [1.165, 1.54) is 24.5 Å². The Morgan fingerprint density at radius 3 is 2.70 bits per heavy atom. The maximum absolute atomic E-state index is 12.4. The fourth-order valence-electron chi connectivity index (χ4n) is 2.40. The lowest BCUT2D eigenvalue weighted by atomic mass is 10.1. The quantitative estimate of drug-likeness (QED) is 0.676. The molecule has 0 spiro atoms. The lowest BCUT2D eigenvalue weighted by molar-refractivity contribution is 0.0631. The van der Waals surface area contributed by atoms with Crippen LogP contribution in [0.5, 0.6) is 0 Å². The molecule has 3 amide bonds. The number of imide groups is 1. The van der Waals surface area contributed by atoms with E-state index >= 15 is 0 Å². The second-order valence-corrected chi connectivity index (χ2v) is 5.03. The number of carbonyl (C=O) groups is 3. The average molecular weight is 310 g/mol. The van der Waals surface area contributed by atoms with E-state index in [0.717, 1.165) is 4.90 Å². The zero-order valence-electron chi connectivity index (χ0n) is 12.2. The van der Waals surface area contributed by atoms with Crippen LogP contribution in [0.25, 0.3) is 0 Å². The van der Waals surface area contributed by atoms with Gasteiger partial charge < -0.3 is 9.73 Å². The summed E-state index contributed by atoms with van der Waals surface area (Å²) in [5.41, 5.74) is 0.848. The second kappa shape index (κ2) is 5.92. The normalized spacial score (nSPS) is 13.1. The minimum atomic E-state index is -0.431. The first-order chi connectivity index (χ1) is 11.1. The van der Waals surface area contributed by atoms with E-state index < -0.39 is 5.91 Å². The van der Waals surface area contributed by atoms with Crippen molar-refractivity contribution < 1.29 is 18.8 Å². The van der Waals surface area contributed by atoms with Crippen LogP contribution in [0.15, 0.2) is 53.7 Å². The van der Waals surface area contributed by atoms with Crippen molar-refractivity contribution in [2.45, 2.75) is 6.54 Å². The highest BCUT2D eigenvalue weighted by Gasteiger charge is 2.36. The predicted octanol–water partition coefficient (Wildman–Crippen LogP) is 1.99. The Labute approximate surface area is 132 Å². The summed E-state index contributed by atoms with van der Waals surface area (Å²) < 4.78 is 5.18. The molecule has 0 radical (unpaired) electrons. The summed E-state index contributed by atoms with van der Waals surface area (Å²) in [5.74, 6) is -0.625. The number of carbonyl (C=O) groups excluding carboxylic acids is 3. The lowest BCUT2D eigenvalue weighted by Crippen LogP contribution is -2.28. The zero-order chi connectivity index (χ0) is 16.4. The zero-order valence-corrected chi connectivity index (χ0v) is 12.2. The molecule has 0 bridgehead atoms. The van der Waals surface area contributed by atoms with E-state index in [0.29, 0.717) is 23.4 Å². The van der Waals surface area contributed by atoms with Gasteiger partial charge in [0.25, 0.3) is 17.7 Å². The minimum absolute atomic E-state index is 0.0668. The first kappa shape index (κ1) is 14.8. The van der Waals surface area contributed by atoms with Gasteiger partial charge in [-0.1, -0.05) is 6.08 Å². The number of benzene rings is 1. The Balaban J connectivity index is 1.86. The molecule has 2 heterocycles. The van der Waals surface area contributed by atoms with Crippen molar-refractivity contribution in [3.63, 3.8) is 0 Å². The smallest absolute Gasteiger partial charge is 0.261 e. The van der Waals surface area contributed by atoms with E-state index in [1.807, 2.05) is 0 Å². The topological polar surface area (TPSA) is 79.6 Å². The molecule has 0 atom stereocenters. The van der Waals surface area contributed by atoms with Crippen molar-refractivity contribution in [1.82, 2.24) is 10.2 Å². The molecule has 1 aromatic carbocycles. The van der Waals surface area contributed by atoms with Crippen LogP contribution < -0.4 is 5.32 Å². The molecular formula is C17H14N2O4. The summed E-state index contributed by atoms with van der Waals surface area (Å²) in [6.45, 7) is 3.92. The van der Waals surface area contributed by atoms with Crippen molar-refractivity contribution >= 4 is 17.7 Å². The summed E-state index contributed by atoms with van der Waals surface area (Å²) >= 11 is 0. The SMILES string of the molecule is C=CCNC(=O)c1ccc2c(c1)C(=O)N(Cc1ccco1)C2=O. The molecule has 0 fully saturated rings. The van der Waals surface area contributed by atoms with Crippen LogP contribution in [0.3, 0.4) is 0 Å². The molecule has 0 aliphatic carbocycles. The third kappa shape index (κ3) is 2.66. The molecule has 3 rings (SSSR count). The number of nitrogens with one attached hydrogen (secondary N) is 1. The van der Waals surface area contributed by atoms with Gasteiger partial charge in [0.15, 0.2) is 0 Å². The number of hydrogen-bond donors (Lipinski definition) is 1. The number of fused-ring (bicyclic) bond motifs is 1. The number of rotatable bonds is 5. The van der Waals surface area contributed by atoms with Crippen molar-refractivity contribution in [2.75, 3.05) is 6.54 Å². The molecule has 1 aromatic heterocycles. The fraction of sp³-hybridized carbons (Fsp3) is 0.118. The van der Waals surface area contributed by atoms with Gasteiger partial charge in [0, 0.05) is 12.1 Å². The second-order valence-electron chi connectivity index (χ2n) is 5.03. The maximum atomic E-state index is 12.4. The molecule has 6 heteroatoms. The van der Waals surface area contributed by atoms with Crippen LogP contribution in [0.4, 0.5) is 0 Å². The van der Waals surface area contributed by atoms with Crippen LogP contribution in [0.1, 0.15) is 36.8 Å². The van der Waals surface area contributed by atoms with E-state index in [9.17, 15) is 14.4 Å². The number of nitrogens with zero attached hydrogens (tertiary/aromatic N) is 1. The Kier molecular flexibility index (Phi) is 3.80. The number of hydrogen-bond acceptors (Lipinski definition) is 4. The molecule has 0 unspecified atom stereocenters. The number of amides is 3. The fourth-order valence-corrected chi connectivity index (χ4v) is 2.40. The number of furan rings is 1. The van der Waals surface area contributed by atoms with Gasteiger partial charge in [0.1, 0.15) is 5.76 Å². The summed E-state index contributed by atoms with van der Waals surface area (Å²) in [7, 11) is 0. The van der Waals surface area contributed by atoms with E-state index in [2.05, 4.69) is 11.9 Å². The van der Waals surface area contributed by atoms with Crippen LogP contribution in [-0.4, -0.2) is 29.2 Å². The van der Waals surface area contributed by atoms with E-state index in [-0.39, 0.29) is 23.9 Å². The molecular weight excluding hydrogens is 296 g/mol. The third-order valence-electron chi connectivity index (χ3n) is 3.53. The van der Waals surface area contributed by atoms with Crippen molar-refractivity contribution in [3.8, 4) is 0 Å². The highest BCUT2D eigenvalue weighted by Crippen LogP contribution is 2.25. The highest BCUT2D eigenvalue weighted by molar-refractivity contribution is 6.21. The monoisotopic (exact) mass is 310 g/mol. The van der Waals surface area contributed by atoms with Crippen LogP contribution in [0, 0.1) is 0 Å². The van der Waals surface area contributed by atoms with Gasteiger partial charge in [-0.25, -0.2) is 0 Å². The van der Waals surface area contributed by atoms with Crippen molar-refractivity contribution in [3.05, 3.63) is 71.7 Å². The Bertz CT molecular complexity index is 793. The summed E-state index contributed by atoms with van der Waals surface area (Å²) in [6, 6.07) is 7.85. The summed E-state index contributed by atoms with van der Waals surface area (Å²) in [6.07, 6.45) is 3.04. The first-order valence-electron chi connectivity index (χ1n) is 7.03. The maximum Gasteiger partial charge on any atom is 0.261 e. The van der Waals surface area contributed by atoms with Gasteiger partial charge in [-0.3, -0.25) is 19.3 Å². The molecule has 1 N–H and O–H groups in total. The molecule has 0 saturated carbocycles. The average Bonchev–Trinajstić information content (AvgIpc) is 3.15. The van der Waals surface area contributed by atoms with Gasteiger partial charge in [0.2, 0.25) is 0 Å². The van der Waals surface area contributed by atoms with Gasteiger partial charge in [0.05, 0.1) is 23.9 Å². The van der Waals surface area contributed by atoms with Crippen molar-refractivity contribution in [2.24, 2.45) is 0 Å². The minimum Gasteiger partial charge on any atom is -0.467 e. The lowest BCUT2D eigenvalue weighted by Gasteiger charge is -2.11. The molecule has 0 saturated heterocycles.